The molecule has 0 amide bonds. The Morgan fingerprint density at radius 1 is 1.41 bits per heavy atom. The Morgan fingerprint density at radius 3 is 2.53 bits per heavy atom. The third-order valence-electron chi connectivity index (χ3n) is 3.58. The van der Waals surface area contributed by atoms with Gasteiger partial charge in [-0.15, -0.1) is 0 Å². The molecule has 0 aromatic carbocycles. The Hall–Kier alpha value is -0.610. The van der Waals surface area contributed by atoms with Crippen LogP contribution in [0.5, 0.6) is 0 Å². The first kappa shape index (κ1) is 14.5. The Morgan fingerprint density at radius 2 is 2.00 bits per heavy atom. The summed E-state index contributed by atoms with van der Waals surface area (Å²) in [6, 6.07) is 0. The van der Waals surface area contributed by atoms with Crippen molar-refractivity contribution in [2.75, 3.05) is 40.3 Å². The molecule has 0 saturated carbocycles. The highest BCUT2D eigenvalue weighted by Crippen LogP contribution is 2.17. The van der Waals surface area contributed by atoms with Crippen molar-refractivity contribution in [3.05, 3.63) is 0 Å². The summed E-state index contributed by atoms with van der Waals surface area (Å²) >= 11 is 0. The number of carbonyl (C=O) groups excluding carboxylic acids is 1. The van der Waals surface area contributed by atoms with E-state index < -0.39 is 5.41 Å². The van der Waals surface area contributed by atoms with Crippen LogP contribution in [0.25, 0.3) is 0 Å². The number of piperidine rings is 1. The molecule has 1 saturated heterocycles. The highest BCUT2D eigenvalue weighted by molar-refractivity contribution is 5.76. The third-order valence-corrected chi connectivity index (χ3v) is 3.58. The molecule has 0 radical (unpaired) electrons. The first-order valence-corrected chi connectivity index (χ1v) is 6.43. The topological polar surface area (TPSA) is 41.6 Å². The van der Waals surface area contributed by atoms with Gasteiger partial charge in [0.1, 0.15) is 0 Å². The van der Waals surface area contributed by atoms with Crippen LogP contribution in [0.3, 0.4) is 0 Å². The van der Waals surface area contributed by atoms with Gasteiger partial charge in [-0.25, -0.2) is 0 Å². The molecular formula is C13H26N2O2. The van der Waals surface area contributed by atoms with Crippen LogP contribution in [-0.4, -0.2) is 51.2 Å². The number of rotatable bonds is 5. The number of ether oxygens (including phenoxy) is 1. The molecule has 1 fully saturated rings. The lowest BCUT2D eigenvalue weighted by Gasteiger charge is -2.30. The van der Waals surface area contributed by atoms with Crippen LogP contribution in [0, 0.1) is 11.3 Å². The fourth-order valence-electron chi connectivity index (χ4n) is 2.20. The molecule has 4 heteroatoms. The third kappa shape index (κ3) is 4.64. The van der Waals surface area contributed by atoms with Gasteiger partial charge in [0.25, 0.3) is 0 Å². The maximum atomic E-state index is 11.5. The molecule has 4 nitrogen and oxygen atoms in total. The van der Waals surface area contributed by atoms with Crippen LogP contribution in [0.15, 0.2) is 0 Å². The van der Waals surface area contributed by atoms with Gasteiger partial charge in [0, 0.05) is 6.54 Å². The monoisotopic (exact) mass is 242 g/mol. The standard InChI is InChI=1S/C13H26N2O2/c1-13(2,12(16)17-4)10-14-9-11-5-7-15(3)8-6-11/h11,14H,5-10H2,1-4H3. The number of nitrogens with one attached hydrogen (secondary N) is 1. The summed E-state index contributed by atoms with van der Waals surface area (Å²) in [7, 11) is 3.62. The summed E-state index contributed by atoms with van der Waals surface area (Å²) in [4.78, 5) is 13.9. The van der Waals surface area contributed by atoms with E-state index in [1.165, 1.54) is 33.0 Å². The van der Waals surface area contributed by atoms with E-state index in [-0.39, 0.29) is 5.97 Å². The van der Waals surface area contributed by atoms with E-state index in [1.54, 1.807) is 0 Å². The van der Waals surface area contributed by atoms with E-state index in [9.17, 15) is 4.79 Å². The Labute approximate surface area is 105 Å². The molecule has 0 bridgehead atoms. The van der Waals surface area contributed by atoms with Gasteiger partial charge in [0.2, 0.25) is 0 Å². The van der Waals surface area contributed by atoms with Crippen molar-refractivity contribution >= 4 is 5.97 Å². The van der Waals surface area contributed by atoms with E-state index in [0.29, 0.717) is 6.54 Å². The largest absolute Gasteiger partial charge is 0.469 e. The summed E-state index contributed by atoms with van der Waals surface area (Å²) in [5, 5.41) is 3.41. The minimum absolute atomic E-state index is 0.145. The zero-order valence-corrected chi connectivity index (χ0v) is 11.6. The molecule has 17 heavy (non-hydrogen) atoms. The number of carbonyl (C=O) groups is 1. The van der Waals surface area contributed by atoms with Crippen LogP contribution >= 0.6 is 0 Å². The summed E-state index contributed by atoms with van der Waals surface area (Å²) in [5.41, 5.74) is -0.430. The van der Waals surface area contributed by atoms with E-state index in [2.05, 4.69) is 17.3 Å². The molecule has 1 heterocycles. The van der Waals surface area contributed by atoms with Gasteiger partial charge < -0.3 is 15.0 Å². The van der Waals surface area contributed by atoms with Gasteiger partial charge in [-0.3, -0.25) is 4.79 Å². The zero-order valence-electron chi connectivity index (χ0n) is 11.6. The molecule has 1 rings (SSSR count). The number of methoxy groups -OCH3 is 1. The summed E-state index contributed by atoms with van der Waals surface area (Å²) in [6.07, 6.45) is 2.50. The fourth-order valence-corrected chi connectivity index (χ4v) is 2.20. The first-order chi connectivity index (χ1) is 7.95. The highest BCUT2D eigenvalue weighted by atomic mass is 16.5. The molecule has 1 aliphatic rings. The van der Waals surface area contributed by atoms with Gasteiger partial charge in [-0.05, 0) is 59.3 Å². The summed E-state index contributed by atoms with van der Waals surface area (Å²) in [5.74, 6) is 0.605. The average molecular weight is 242 g/mol. The fraction of sp³-hybridized carbons (Fsp3) is 0.923. The lowest BCUT2D eigenvalue weighted by molar-refractivity contribution is -0.150. The van der Waals surface area contributed by atoms with Gasteiger partial charge in [0.15, 0.2) is 0 Å². The van der Waals surface area contributed by atoms with Gasteiger partial charge >= 0.3 is 5.97 Å². The van der Waals surface area contributed by atoms with Crippen molar-refractivity contribution in [3.63, 3.8) is 0 Å². The SMILES string of the molecule is COC(=O)C(C)(C)CNCC1CCN(C)CC1. The minimum Gasteiger partial charge on any atom is -0.469 e. The second-order valence-electron chi connectivity index (χ2n) is 5.75. The second-order valence-corrected chi connectivity index (χ2v) is 5.75. The molecular weight excluding hydrogens is 216 g/mol. The Balaban J connectivity index is 2.21. The van der Waals surface area contributed by atoms with Crippen molar-refractivity contribution in [2.24, 2.45) is 11.3 Å². The Kier molecular flexibility index (Phi) is 5.40. The predicted octanol–water partition coefficient (Wildman–Crippen LogP) is 1.12. The molecule has 0 spiro atoms. The molecule has 0 atom stereocenters. The molecule has 1 aliphatic heterocycles. The number of hydrogen-bond donors (Lipinski definition) is 1. The van der Waals surface area contributed by atoms with Crippen molar-refractivity contribution in [1.82, 2.24) is 10.2 Å². The average Bonchev–Trinajstić information content (AvgIpc) is 2.30. The van der Waals surface area contributed by atoms with E-state index in [1.807, 2.05) is 13.8 Å². The normalized spacial score (nSPS) is 19.3. The van der Waals surface area contributed by atoms with Crippen molar-refractivity contribution in [1.29, 1.82) is 0 Å². The second kappa shape index (κ2) is 6.36. The van der Waals surface area contributed by atoms with E-state index >= 15 is 0 Å². The summed E-state index contributed by atoms with van der Waals surface area (Å²) < 4.78 is 4.79. The van der Waals surface area contributed by atoms with Crippen LogP contribution < -0.4 is 5.32 Å². The van der Waals surface area contributed by atoms with Crippen LogP contribution in [0.2, 0.25) is 0 Å². The number of hydrogen-bond acceptors (Lipinski definition) is 4. The number of nitrogens with zero attached hydrogens (tertiary/aromatic N) is 1. The molecule has 0 unspecified atom stereocenters. The predicted molar refractivity (Wildman–Crippen MR) is 68.9 cm³/mol. The van der Waals surface area contributed by atoms with Crippen LogP contribution in [0.1, 0.15) is 26.7 Å². The molecule has 100 valence electrons. The van der Waals surface area contributed by atoms with Gasteiger partial charge in [-0.2, -0.15) is 0 Å². The van der Waals surface area contributed by atoms with Gasteiger partial charge in [0.05, 0.1) is 12.5 Å². The zero-order chi connectivity index (χ0) is 12.9. The quantitative estimate of drug-likeness (QED) is 0.734. The molecule has 0 aliphatic carbocycles. The van der Waals surface area contributed by atoms with Crippen LogP contribution in [-0.2, 0) is 9.53 Å². The maximum absolute atomic E-state index is 11.5. The van der Waals surface area contributed by atoms with E-state index in [4.69, 9.17) is 4.74 Å². The van der Waals surface area contributed by atoms with Crippen molar-refractivity contribution in [3.8, 4) is 0 Å². The molecule has 1 N–H and O–H groups in total. The van der Waals surface area contributed by atoms with Crippen molar-refractivity contribution in [2.45, 2.75) is 26.7 Å². The van der Waals surface area contributed by atoms with Crippen LogP contribution in [0.4, 0.5) is 0 Å². The molecule has 0 aromatic rings. The maximum Gasteiger partial charge on any atom is 0.312 e. The van der Waals surface area contributed by atoms with Gasteiger partial charge in [-0.1, -0.05) is 0 Å². The minimum atomic E-state index is -0.430. The summed E-state index contributed by atoms with van der Waals surface area (Å²) in [6.45, 7) is 7.90. The van der Waals surface area contributed by atoms with Crippen molar-refractivity contribution < 1.29 is 9.53 Å². The smallest absolute Gasteiger partial charge is 0.312 e. The first-order valence-electron chi connectivity index (χ1n) is 6.43. The van der Waals surface area contributed by atoms with E-state index in [0.717, 1.165) is 12.5 Å². The lowest BCUT2D eigenvalue weighted by atomic mass is 9.92. The number of esters is 1. The Bertz CT molecular complexity index is 246. The molecule has 0 aromatic heterocycles. The number of likely N-dealkylation sites (tertiary alicyclic amines) is 1. The lowest BCUT2D eigenvalue weighted by Crippen LogP contribution is -2.40. The highest BCUT2D eigenvalue weighted by Gasteiger charge is 2.28.